The SMILES string of the molecule is COc1ccccc1NC(=O)C1=C(C)Nc2nc(CCCO)nn2[C@@H]1c1cccc(Br)c1. The minimum atomic E-state index is -0.478. The Labute approximate surface area is 194 Å². The van der Waals surface area contributed by atoms with E-state index < -0.39 is 6.04 Å². The molecular formula is C23H24BrN5O3. The van der Waals surface area contributed by atoms with Gasteiger partial charge in [-0.2, -0.15) is 10.1 Å². The van der Waals surface area contributed by atoms with Crippen LogP contribution >= 0.6 is 15.9 Å². The summed E-state index contributed by atoms with van der Waals surface area (Å²) in [6.45, 7) is 1.92. The first kappa shape index (κ1) is 22.0. The zero-order valence-corrected chi connectivity index (χ0v) is 19.4. The van der Waals surface area contributed by atoms with E-state index in [1.807, 2.05) is 43.3 Å². The Morgan fingerprint density at radius 2 is 2.09 bits per heavy atom. The Morgan fingerprint density at radius 1 is 1.28 bits per heavy atom. The van der Waals surface area contributed by atoms with E-state index in [4.69, 9.17) is 4.74 Å². The number of aryl methyl sites for hydroxylation is 1. The van der Waals surface area contributed by atoms with E-state index in [0.29, 0.717) is 47.3 Å². The van der Waals surface area contributed by atoms with Crippen LogP contribution in [0.15, 0.2) is 64.3 Å². The third kappa shape index (κ3) is 4.39. The number of para-hydroxylation sites is 2. The fraction of sp³-hybridized carbons (Fsp3) is 0.261. The zero-order valence-electron chi connectivity index (χ0n) is 17.8. The zero-order chi connectivity index (χ0) is 22.7. The Hall–Kier alpha value is -3.17. The van der Waals surface area contributed by atoms with Gasteiger partial charge in [-0.05, 0) is 43.2 Å². The van der Waals surface area contributed by atoms with Crippen molar-refractivity contribution in [1.82, 2.24) is 14.8 Å². The molecule has 3 N–H and O–H groups in total. The first-order valence-electron chi connectivity index (χ1n) is 10.3. The number of carbonyl (C=O) groups excluding carboxylic acids is 1. The van der Waals surface area contributed by atoms with Crippen LogP contribution in [0, 0.1) is 0 Å². The normalized spacial score (nSPS) is 15.2. The number of hydrogen-bond donors (Lipinski definition) is 3. The number of amides is 1. The van der Waals surface area contributed by atoms with Gasteiger partial charge < -0.3 is 20.5 Å². The van der Waals surface area contributed by atoms with Gasteiger partial charge in [-0.1, -0.05) is 40.2 Å². The van der Waals surface area contributed by atoms with Crippen molar-refractivity contribution in [2.45, 2.75) is 25.8 Å². The molecule has 0 saturated heterocycles. The quantitative estimate of drug-likeness (QED) is 0.457. The van der Waals surface area contributed by atoms with Crippen LogP contribution in [-0.4, -0.2) is 39.5 Å². The smallest absolute Gasteiger partial charge is 0.255 e. The molecule has 1 aliphatic rings. The van der Waals surface area contributed by atoms with Gasteiger partial charge in [0.1, 0.15) is 11.8 Å². The van der Waals surface area contributed by atoms with Gasteiger partial charge in [0.2, 0.25) is 5.95 Å². The number of aromatic nitrogens is 3. The number of nitrogens with zero attached hydrogens (tertiary/aromatic N) is 3. The van der Waals surface area contributed by atoms with Crippen molar-refractivity contribution in [1.29, 1.82) is 0 Å². The number of anilines is 2. The number of aliphatic hydroxyl groups is 1. The Bertz CT molecular complexity index is 1170. The second-order valence-corrected chi connectivity index (χ2v) is 8.31. The highest BCUT2D eigenvalue weighted by molar-refractivity contribution is 9.10. The summed E-state index contributed by atoms with van der Waals surface area (Å²) in [6.07, 6.45) is 1.11. The van der Waals surface area contributed by atoms with Crippen LogP contribution in [0.5, 0.6) is 5.75 Å². The van der Waals surface area contributed by atoms with Gasteiger partial charge in [-0.25, -0.2) is 4.68 Å². The molecule has 2 heterocycles. The molecule has 0 spiro atoms. The van der Waals surface area contributed by atoms with Crippen molar-refractivity contribution in [2.24, 2.45) is 0 Å². The second kappa shape index (κ2) is 9.54. The summed E-state index contributed by atoms with van der Waals surface area (Å²) < 4.78 is 8.02. The van der Waals surface area contributed by atoms with Gasteiger partial charge in [-0.15, -0.1) is 0 Å². The van der Waals surface area contributed by atoms with Crippen LogP contribution in [0.3, 0.4) is 0 Å². The van der Waals surface area contributed by atoms with Crippen LogP contribution in [0.4, 0.5) is 11.6 Å². The predicted molar refractivity (Wildman–Crippen MR) is 126 cm³/mol. The van der Waals surface area contributed by atoms with Crippen molar-refractivity contribution in [3.8, 4) is 5.75 Å². The van der Waals surface area contributed by atoms with Gasteiger partial charge in [0.25, 0.3) is 5.91 Å². The van der Waals surface area contributed by atoms with E-state index in [9.17, 15) is 9.90 Å². The lowest BCUT2D eigenvalue weighted by Gasteiger charge is -2.29. The van der Waals surface area contributed by atoms with Crippen molar-refractivity contribution in [3.05, 3.63) is 75.7 Å². The largest absolute Gasteiger partial charge is 0.495 e. The van der Waals surface area contributed by atoms with E-state index in [1.54, 1.807) is 23.9 Å². The molecule has 0 bridgehead atoms. The number of hydrogen-bond acceptors (Lipinski definition) is 6. The van der Waals surface area contributed by atoms with E-state index in [-0.39, 0.29) is 12.5 Å². The minimum Gasteiger partial charge on any atom is -0.495 e. The highest BCUT2D eigenvalue weighted by Gasteiger charge is 2.34. The van der Waals surface area contributed by atoms with Crippen LogP contribution in [0.2, 0.25) is 0 Å². The summed E-state index contributed by atoms with van der Waals surface area (Å²) in [5.41, 5.74) is 2.70. The number of rotatable bonds is 7. The third-order valence-corrected chi connectivity index (χ3v) is 5.71. The number of benzene rings is 2. The predicted octanol–water partition coefficient (Wildman–Crippen LogP) is 3.90. The van der Waals surface area contributed by atoms with Gasteiger partial charge in [-0.3, -0.25) is 4.79 Å². The van der Waals surface area contributed by atoms with Gasteiger partial charge >= 0.3 is 0 Å². The number of allylic oxidation sites excluding steroid dienone is 1. The molecule has 0 saturated carbocycles. The van der Waals surface area contributed by atoms with Crippen LogP contribution in [0.1, 0.15) is 30.8 Å². The molecule has 2 aromatic carbocycles. The van der Waals surface area contributed by atoms with Crippen molar-refractivity contribution in [2.75, 3.05) is 24.4 Å². The minimum absolute atomic E-state index is 0.0657. The van der Waals surface area contributed by atoms with Gasteiger partial charge in [0.15, 0.2) is 5.82 Å². The number of aliphatic hydroxyl groups excluding tert-OH is 1. The molecule has 32 heavy (non-hydrogen) atoms. The van der Waals surface area contributed by atoms with E-state index >= 15 is 0 Å². The number of methoxy groups -OCH3 is 1. The molecule has 0 aliphatic carbocycles. The maximum Gasteiger partial charge on any atom is 0.255 e. The van der Waals surface area contributed by atoms with Gasteiger partial charge in [0.05, 0.1) is 18.4 Å². The molecule has 1 aliphatic heterocycles. The molecule has 9 heteroatoms. The van der Waals surface area contributed by atoms with E-state index in [2.05, 4.69) is 36.6 Å². The molecule has 4 rings (SSSR count). The average Bonchev–Trinajstić information content (AvgIpc) is 3.19. The molecule has 1 atom stereocenters. The molecule has 3 aromatic rings. The number of carbonyl (C=O) groups is 1. The fourth-order valence-electron chi connectivity index (χ4n) is 3.75. The highest BCUT2D eigenvalue weighted by Crippen LogP contribution is 2.37. The number of nitrogens with one attached hydrogen (secondary N) is 2. The fourth-order valence-corrected chi connectivity index (χ4v) is 4.17. The van der Waals surface area contributed by atoms with Crippen LogP contribution in [-0.2, 0) is 11.2 Å². The maximum atomic E-state index is 13.5. The molecular weight excluding hydrogens is 474 g/mol. The van der Waals surface area contributed by atoms with Gasteiger partial charge in [0, 0.05) is 23.2 Å². The highest BCUT2D eigenvalue weighted by atomic mass is 79.9. The van der Waals surface area contributed by atoms with E-state index in [0.717, 1.165) is 10.0 Å². The molecule has 0 radical (unpaired) electrons. The number of halogens is 1. The Balaban J connectivity index is 1.77. The first-order valence-corrected chi connectivity index (χ1v) is 11.0. The summed E-state index contributed by atoms with van der Waals surface area (Å²) in [7, 11) is 1.57. The molecule has 1 amide bonds. The first-order chi connectivity index (χ1) is 15.5. The van der Waals surface area contributed by atoms with Crippen molar-refractivity contribution < 1.29 is 14.6 Å². The lowest BCUT2D eigenvalue weighted by Crippen LogP contribution is -2.31. The van der Waals surface area contributed by atoms with Crippen molar-refractivity contribution in [3.63, 3.8) is 0 Å². The van der Waals surface area contributed by atoms with Crippen LogP contribution < -0.4 is 15.4 Å². The maximum absolute atomic E-state index is 13.5. The number of ether oxygens (including phenoxy) is 1. The van der Waals surface area contributed by atoms with E-state index in [1.165, 1.54) is 0 Å². The molecule has 8 nitrogen and oxygen atoms in total. The topological polar surface area (TPSA) is 101 Å². The lowest BCUT2D eigenvalue weighted by atomic mass is 9.95. The second-order valence-electron chi connectivity index (χ2n) is 7.40. The standard InChI is InChI=1S/C23H24BrN5O3/c1-14-20(22(31)26-17-9-3-4-10-18(17)32-2)21(15-7-5-8-16(24)13-15)29-23(25-14)27-19(28-29)11-6-12-30/h3-5,7-10,13,21,30H,6,11-12H2,1-2H3,(H,26,31)(H,25,27,28)/t21-/m1/s1. The summed E-state index contributed by atoms with van der Waals surface area (Å²) in [4.78, 5) is 18.1. The summed E-state index contributed by atoms with van der Waals surface area (Å²) in [5.74, 6) is 1.49. The average molecular weight is 498 g/mol. The Kier molecular flexibility index (Phi) is 6.57. The summed E-state index contributed by atoms with van der Waals surface area (Å²) >= 11 is 3.53. The van der Waals surface area contributed by atoms with Crippen LogP contribution in [0.25, 0.3) is 0 Å². The summed E-state index contributed by atoms with van der Waals surface area (Å²) in [5, 5.41) is 20.0. The third-order valence-electron chi connectivity index (χ3n) is 5.22. The molecule has 166 valence electrons. The lowest BCUT2D eigenvalue weighted by molar-refractivity contribution is -0.113. The molecule has 0 unspecified atom stereocenters. The Morgan fingerprint density at radius 3 is 2.84 bits per heavy atom. The number of fused-ring (bicyclic) bond motifs is 1. The molecule has 0 fully saturated rings. The van der Waals surface area contributed by atoms with Crippen molar-refractivity contribution >= 4 is 33.5 Å². The molecule has 1 aromatic heterocycles. The summed E-state index contributed by atoms with van der Waals surface area (Å²) in [6, 6.07) is 14.6. The monoisotopic (exact) mass is 497 g/mol.